The number of hydrogen-bond acceptors (Lipinski definition) is 2. The zero-order valence-corrected chi connectivity index (χ0v) is 15.1. The smallest absolute Gasteiger partial charge is 0.336 e. The van der Waals surface area contributed by atoms with Crippen molar-refractivity contribution in [3.05, 3.63) is 59.7 Å². The molecule has 0 spiro atoms. The molecule has 9 heteroatoms. The summed E-state index contributed by atoms with van der Waals surface area (Å²) in [6, 6.07) is 10.6. The summed E-state index contributed by atoms with van der Waals surface area (Å²) in [5.41, 5.74) is 0.661. The first-order chi connectivity index (χ1) is 13.8. The number of nitrogens with zero attached hydrogens (tertiary/aromatic N) is 1. The van der Waals surface area contributed by atoms with E-state index in [2.05, 4.69) is 27.8 Å². The van der Waals surface area contributed by atoms with Gasteiger partial charge < -0.3 is 16.0 Å². The second-order valence-electron chi connectivity index (χ2n) is 6.12. The molecule has 0 aromatic heterocycles. The molecule has 1 heterocycles. The van der Waals surface area contributed by atoms with Crippen molar-refractivity contribution in [2.45, 2.75) is 6.18 Å². The van der Waals surface area contributed by atoms with Crippen LogP contribution in [-0.2, 0) is 6.18 Å². The van der Waals surface area contributed by atoms with Gasteiger partial charge in [-0.05, 0) is 42.5 Å². The molecule has 150 valence electrons. The molecule has 0 unspecified atom stereocenters. The molecule has 4 amide bonds. The molecule has 1 aliphatic rings. The van der Waals surface area contributed by atoms with Crippen LogP contribution in [0.1, 0.15) is 11.1 Å². The van der Waals surface area contributed by atoms with Crippen LogP contribution in [0.3, 0.4) is 0 Å². The molecular formula is C20H17F3N4O2. The fourth-order valence-electron chi connectivity index (χ4n) is 2.66. The van der Waals surface area contributed by atoms with Gasteiger partial charge in [-0.1, -0.05) is 17.9 Å². The Bertz CT molecular complexity index is 962. The van der Waals surface area contributed by atoms with Gasteiger partial charge in [0.15, 0.2) is 0 Å². The number of halogens is 3. The molecular weight excluding hydrogens is 385 g/mol. The van der Waals surface area contributed by atoms with Crippen molar-refractivity contribution in [3.8, 4) is 11.8 Å². The number of anilines is 2. The van der Waals surface area contributed by atoms with Crippen LogP contribution < -0.4 is 20.9 Å². The summed E-state index contributed by atoms with van der Waals surface area (Å²) in [6.45, 7) is 1.23. The van der Waals surface area contributed by atoms with E-state index in [1.54, 1.807) is 29.2 Å². The molecule has 2 aromatic carbocycles. The van der Waals surface area contributed by atoms with Gasteiger partial charge in [0.1, 0.15) is 0 Å². The fourth-order valence-corrected chi connectivity index (χ4v) is 2.66. The van der Waals surface area contributed by atoms with Crippen molar-refractivity contribution in [3.63, 3.8) is 0 Å². The Morgan fingerprint density at radius 1 is 1.17 bits per heavy atom. The third-order valence-electron chi connectivity index (χ3n) is 4.05. The first-order valence-corrected chi connectivity index (χ1v) is 8.69. The molecule has 3 rings (SSSR count). The van der Waals surface area contributed by atoms with Gasteiger partial charge in [-0.2, -0.15) is 13.2 Å². The lowest BCUT2D eigenvalue weighted by Crippen LogP contribution is -2.29. The normalized spacial score (nSPS) is 13.3. The van der Waals surface area contributed by atoms with Gasteiger partial charge in [0, 0.05) is 30.0 Å². The summed E-state index contributed by atoms with van der Waals surface area (Å²) in [5, 5.41) is 7.51. The van der Waals surface area contributed by atoms with Crippen LogP contribution in [0.4, 0.5) is 34.1 Å². The van der Waals surface area contributed by atoms with Crippen LogP contribution in [0.15, 0.2) is 48.5 Å². The van der Waals surface area contributed by atoms with Crippen molar-refractivity contribution >= 4 is 23.4 Å². The van der Waals surface area contributed by atoms with Gasteiger partial charge in [0.05, 0.1) is 12.1 Å². The molecule has 3 N–H and O–H groups in total. The second kappa shape index (κ2) is 8.56. The van der Waals surface area contributed by atoms with Gasteiger partial charge >= 0.3 is 18.2 Å². The number of benzene rings is 2. The SMILES string of the molecule is O=C(NCC#Cc1ccc(N2CCNC2=O)cc1)Nc1cccc(C(F)(F)F)c1. The highest BCUT2D eigenvalue weighted by atomic mass is 19.4. The Balaban J connectivity index is 1.50. The number of carbonyl (C=O) groups is 2. The summed E-state index contributed by atoms with van der Waals surface area (Å²) in [6.07, 6.45) is -4.48. The average molecular weight is 402 g/mol. The Morgan fingerprint density at radius 3 is 2.59 bits per heavy atom. The van der Waals surface area contributed by atoms with Gasteiger partial charge in [-0.25, -0.2) is 9.59 Å². The van der Waals surface area contributed by atoms with E-state index in [0.29, 0.717) is 18.7 Å². The molecule has 0 bridgehead atoms. The molecule has 0 aliphatic carbocycles. The van der Waals surface area contributed by atoms with Crippen LogP contribution in [0.2, 0.25) is 0 Å². The quantitative estimate of drug-likeness (QED) is 0.689. The minimum absolute atomic E-state index is 0.0150. The number of carbonyl (C=O) groups excluding carboxylic acids is 2. The van der Waals surface area contributed by atoms with E-state index in [4.69, 9.17) is 0 Å². The molecule has 29 heavy (non-hydrogen) atoms. The maximum Gasteiger partial charge on any atom is 0.416 e. The number of urea groups is 2. The van der Waals surface area contributed by atoms with Crippen LogP contribution >= 0.6 is 0 Å². The molecule has 2 aromatic rings. The third kappa shape index (κ3) is 5.42. The molecule has 1 fully saturated rings. The highest BCUT2D eigenvalue weighted by molar-refractivity contribution is 5.94. The summed E-state index contributed by atoms with van der Waals surface area (Å²) < 4.78 is 38.0. The van der Waals surface area contributed by atoms with E-state index >= 15 is 0 Å². The van der Waals surface area contributed by atoms with E-state index in [1.165, 1.54) is 12.1 Å². The van der Waals surface area contributed by atoms with Crippen molar-refractivity contribution < 1.29 is 22.8 Å². The van der Waals surface area contributed by atoms with Crippen molar-refractivity contribution in [1.82, 2.24) is 10.6 Å². The predicted molar refractivity (Wildman–Crippen MR) is 103 cm³/mol. The standard InChI is InChI=1S/C20H17F3N4O2/c21-20(22,23)15-4-1-5-16(13-15)26-18(28)24-10-2-3-14-6-8-17(9-7-14)27-12-11-25-19(27)29/h1,4-9,13H,10-12H2,(H,25,29)(H2,24,26,28). The van der Waals surface area contributed by atoms with Crippen LogP contribution in [0.5, 0.6) is 0 Å². The molecule has 1 aliphatic heterocycles. The zero-order chi connectivity index (χ0) is 20.9. The largest absolute Gasteiger partial charge is 0.416 e. The van der Waals surface area contributed by atoms with Crippen LogP contribution in [-0.4, -0.2) is 31.7 Å². The summed E-state index contributed by atoms with van der Waals surface area (Å²) in [4.78, 5) is 25.0. The summed E-state index contributed by atoms with van der Waals surface area (Å²) in [7, 11) is 0. The van der Waals surface area contributed by atoms with E-state index in [0.717, 1.165) is 17.8 Å². The number of amides is 4. The highest BCUT2D eigenvalue weighted by Crippen LogP contribution is 2.30. The minimum Gasteiger partial charge on any atom is -0.336 e. The van der Waals surface area contributed by atoms with E-state index < -0.39 is 17.8 Å². The number of nitrogens with one attached hydrogen (secondary N) is 3. The van der Waals surface area contributed by atoms with Crippen LogP contribution in [0, 0.1) is 11.8 Å². The van der Waals surface area contributed by atoms with E-state index in [-0.39, 0.29) is 18.3 Å². The molecule has 0 saturated carbocycles. The summed E-state index contributed by atoms with van der Waals surface area (Å²) >= 11 is 0. The first-order valence-electron chi connectivity index (χ1n) is 8.69. The Kier molecular flexibility index (Phi) is 5.93. The fraction of sp³-hybridized carbons (Fsp3) is 0.200. The van der Waals surface area contributed by atoms with Crippen molar-refractivity contribution in [1.29, 1.82) is 0 Å². The lowest BCUT2D eigenvalue weighted by atomic mass is 10.2. The zero-order valence-electron chi connectivity index (χ0n) is 15.1. The lowest BCUT2D eigenvalue weighted by molar-refractivity contribution is -0.137. The number of rotatable bonds is 3. The highest BCUT2D eigenvalue weighted by Gasteiger charge is 2.30. The average Bonchev–Trinajstić information content (AvgIpc) is 3.11. The maximum absolute atomic E-state index is 12.7. The topological polar surface area (TPSA) is 73.5 Å². The molecule has 1 saturated heterocycles. The maximum atomic E-state index is 12.7. The minimum atomic E-state index is -4.48. The number of hydrogen-bond donors (Lipinski definition) is 3. The first kappa shape index (κ1) is 20.1. The van der Waals surface area contributed by atoms with Gasteiger partial charge in [0.2, 0.25) is 0 Å². The summed E-state index contributed by atoms with van der Waals surface area (Å²) in [5.74, 6) is 5.62. The predicted octanol–water partition coefficient (Wildman–Crippen LogP) is 3.41. The second-order valence-corrected chi connectivity index (χ2v) is 6.12. The molecule has 0 atom stereocenters. The monoisotopic (exact) mass is 402 g/mol. The van der Waals surface area contributed by atoms with Gasteiger partial charge in [0.25, 0.3) is 0 Å². The lowest BCUT2D eigenvalue weighted by Gasteiger charge is -2.13. The van der Waals surface area contributed by atoms with Crippen LogP contribution in [0.25, 0.3) is 0 Å². The molecule has 0 radical (unpaired) electrons. The Morgan fingerprint density at radius 2 is 1.93 bits per heavy atom. The van der Waals surface area contributed by atoms with E-state index in [9.17, 15) is 22.8 Å². The number of alkyl halides is 3. The van der Waals surface area contributed by atoms with Crippen molar-refractivity contribution in [2.75, 3.05) is 29.9 Å². The van der Waals surface area contributed by atoms with E-state index in [1.807, 2.05) is 0 Å². The third-order valence-corrected chi connectivity index (χ3v) is 4.05. The van der Waals surface area contributed by atoms with Gasteiger partial charge in [-0.3, -0.25) is 4.90 Å². The van der Waals surface area contributed by atoms with Gasteiger partial charge in [-0.15, -0.1) is 0 Å². The Labute approximate surface area is 165 Å². The molecule has 6 nitrogen and oxygen atoms in total. The Hall–Kier alpha value is -3.67. The van der Waals surface area contributed by atoms with Crippen molar-refractivity contribution in [2.24, 2.45) is 0 Å².